The lowest BCUT2D eigenvalue weighted by atomic mass is 9.94. The lowest BCUT2D eigenvalue weighted by Crippen LogP contribution is -2.37. The maximum Gasteiger partial charge on any atom is 0.251 e. The SMILES string of the molecule is CCC(C(=O)NC(Cc1cc(F)cc(F)c1)c1ncccc1-c1ccc(F)c(C(N)=O)c1)n1ccnc1C(C)C. The number of halogens is 3. The van der Waals surface area contributed by atoms with Crippen LogP contribution in [0, 0.1) is 17.5 Å². The minimum Gasteiger partial charge on any atom is -0.366 e. The fourth-order valence-corrected chi connectivity index (χ4v) is 4.81. The van der Waals surface area contributed by atoms with Gasteiger partial charge in [0.05, 0.1) is 17.3 Å². The fraction of sp³-hybridized carbons (Fsp3) is 0.267. The standard InChI is InChI=1S/C30H30F3N5O2/c1-4-26(38-11-10-36-29(38)17(2)3)30(40)37-25(14-18-12-20(31)16-21(32)13-18)27-22(6-5-9-35-27)19-7-8-24(33)23(15-19)28(34)39/h5-13,15-17,25-26H,4,14H2,1-3H3,(H2,34,39)(H,37,40). The van der Waals surface area contributed by atoms with E-state index in [9.17, 15) is 22.8 Å². The highest BCUT2D eigenvalue weighted by atomic mass is 19.1. The molecular weight excluding hydrogens is 519 g/mol. The van der Waals surface area contributed by atoms with Crippen LogP contribution in [0.1, 0.15) is 72.6 Å². The molecule has 4 aromatic rings. The highest BCUT2D eigenvalue weighted by molar-refractivity contribution is 5.94. The zero-order valence-corrected chi connectivity index (χ0v) is 22.4. The Morgan fingerprint density at radius 1 is 1.00 bits per heavy atom. The van der Waals surface area contributed by atoms with Crippen molar-refractivity contribution in [1.82, 2.24) is 19.9 Å². The molecule has 0 radical (unpaired) electrons. The van der Waals surface area contributed by atoms with Crippen LogP contribution in [-0.4, -0.2) is 26.3 Å². The van der Waals surface area contributed by atoms with Crippen molar-refractivity contribution in [3.63, 3.8) is 0 Å². The zero-order chi connectivity index (χ0) is 29.0. The molecule has 40 heavy (non-hydrogen) atoms. The third-order valence-corrected chi connectivity index (χ3v) is 6.63. The molecule has 0 aliphatic rings. The van der Waals surface area contributed by atoms with Crippen LogP contribution in [0.3, 0.4) is 0 Å². The maximum absolute atomic E-state index is 14.2. The Morgan fingerprint density at radius 2 is 1.73 bits per heavy atom. The van der Waals surface area contributed by atoms with E-state index >= 15 is 0 Å². The molecule has 0 bridgehead atoms. The molecule has 0 fully saturated rings. The molecule has 2 amide bonds. The van der Waals surface area contributed by atoms with Gasteiger partial charge >= 0.3 is 0 Å². The van der Waals surface area contributed by atoms with Gasteiger partial charge in [-0.25, -0.2) is 18.2 Å². The number of carbonyl (C=O) groups excluding carboxylic acids is 2. The monoisotopic (exact) mass is 549 g/mol. The van der Waals surface area contributed by atoms with Crippen molar-refractivity contribution in [2.24, 2.45) is 5.73 Å². The lowest BCUT2D eigenvalue weighted by Gasteiger charge is -2.26. The third-order valence-electron chi connectivity index (χ3n) is 6.63. The molecule has 4 rings (SSSR count). The molecule has 2 unspecified atom stereocenters. The quantitative estimate of drug-likeness (QED) is 0.267. The average Bonchev–Trinajstić information content (AvgIpc) is 3.38. The molecule has 0 saturated heterocycles. The first kappa shape index (κ1) is 28.5. The maximum atomic E-state index is 14.2. The van der Waals surface area contributed by atoms with E-state index in [4.69, 9.17) is 5.73 Å². The van der Waals surface area contributed by atoms with Gasteiger partial charge in [0.25, 0.3) is 5.91 Å². The first-order chi connectivity index (χ1) is 19.1. The van der Waals surface area contributed by atoms with E-state index in [2.05, 4.69) is 15.3 Å². The van der Waals surface area contributed by atoms with E-state index in [0.29, 0.717) is 28.8 Å². The van der Waals surface area contributed by atoms with E-state index in [0.717, 1.165) is 18.0 Å². The van der Waals surface area contributed by atoms with Crippen LogP contribution in [0.5, 0.6) is 0 Å². The summed E-state index contributed by atoms with van der Waals surface area (Å²) in [7, 11) is 0. The molecule has 2 atom stereocenters. The first-order valence-corrected chi connectivity index (χ1v) is 12.9. The number of hydrogen-bond donors (Lipinski definition) is 2. The summed E-state index contributed by atoms with van der Waals surface area (Å²) in [5, 5.41) is 3.02. The van der Waals surface area contributed by atoms with Gasteiger partial charge in [-0.2, -0.15) is 0 Å². The Labute approximate surface area is 230 Å². The molecule has 0 spiro atoms. The van der Waals surface area contributed by atoms with E-state index in [-0.39, 0.29) is 23.8 Å². The van der Waals surface area contributed by atoms with E-state index in [1.54, 1.807) is 24.5 Å². The second kappa shape index (κ2) is 12.1. The molecular formula is C30H30F3N5O2. The number of amides is 2. The molecule has 2 aromatic carbocycles. The minimum absolute atomic E-state index is 0.00566. The van der Waals surface area contributed by atoms with Gasteiger partial charge in [-0.15, -0.1) is 0 Å². The minimum atomic E-state index is -0.933. The molecule has 0 aliphatic heterocycles. The van der Waals surface area contributed by atoms with Crippen LogP contribution in [0.15, 0.2) is 67.1 Å². The van der Waals surface area contributed by atoms with E-state index in [1.807, 2.05) is 25.3 Å². The summed E-state index contributed by atoms with van der Waals surface area (Å²) in [6, 6.07) is 8.98. The van der Waals surface area contributed by atoms with Gasteiger partial charge < -0.3 is 15.6 Å². The Bertz CT molecular complexity index is 1520. The predicted molar refractivity (Wildman–Crippen MR) is 145 cm³/mol. The molecule has 7 nitrogen and oxygen atoms in total. The predicted octanol–water partition coefficient (Wildman–Crippen LogP) is 5.64. The molecule has 208 valence electrons. The van der Waals surface area contributed by atoms with Crippen molar-refractivity contribution in [3.8, 4) is 11.1 Å². The van der Waals surface area contributed by atoms with Gasteiger partial charge in [0.2, 0.25) is 5.91 Å². The molecule has 10 heteroatoms. The van der Waals surface area contributed by atoms with E-state index in [1.165, 1.54) is 30.5 Å². The summed E-state index contributed by atoms with van der Waals surface area (Å²) in [6.07, 6.45) is 5.37. The second-order valence-electron chi connectivity index (χ2n) is 9.81. The van der Waals surface area contributed by atoms with E-state index < -0.39 is 35.4 Å². The second-order valence-corrected chi connectivity index (χ2v) is 9.81. The number of imidazole rings is 1. The Hall–Kier alpha value is -4.47. The number of rotatable bonds is 10. The van der Waals surface area contributed by atoms with Gasteiger partial charge in [0.15, 0.2) is 0 Å². The number of aromatic nitrogens is 3. The van der Waals surface area contributed by atoms with Crippen LogP contribution in [0.25, 0.3) is 11.1 Å². The van der Waals surface area contributed by atoms with Crippen LogP contribution in [0.4, 0.5) is 13.2 Å². The third kappa shape index (κ3) is 6.22. The summed E-state index contributed by atoms with van der Waals surface area (Å²) in [5.74, 6) is -2.73. The zero-order valence-electron chi connectivity index (χ0n) is 22.4. The normalized spacial score (nSPS) is 12.8. The van der Waals surface area contributed by atoms with Crippen LogP contribution in [-0.2, 0) is 11.2 Å². The Balaban J connectivity index is 1.79. The van der Waals surface area contributed by atoms with Gasteiger partial charge in [-0.1, -0.05) is 32.9 Å². The molecule has 2 aromatic heterocycles. The summed E-state index contributed by atoms with van der Waals surface area (Å²) >= 11 is 0. The Kier molecular flexibility index (Phi) is 8.67. The number of pyridine rings is 1. The van der Waals surface area contributed by atoms with Crippen LogP contribution >= 0.6 is 0 Å². The van der Waals surface area contributed by atoms with Crippen molar-refractivity contribution in [2.45, 2.75) is 51.6 Å². The van der Waals surface area contributed by atoms with Gasteiger partial charge in [-0.3, -0.25) is 14.6 Å². The molecule has 0 aliphatic carbocycles. The van der Waals surface area contributed by atoms with Gasteiger partial charge in [0.1, 0.15) is 29.3 Å². The largest absolute Gasteiger partial charge is 0.366 e. The van der Waals surface area contributed by atoms with Crippen LogP contribution in [0.2, 0.25) is 0 Å². The van der Waals surface area contributed by atoms with Crippen LogP contribution < -0.4 is 11.1 Å². The summed E-state index contributed by atoms with van der Waals surface area (Å²) in [5.41, 5.74) is 6.65. The number of carbonyl (C=O) groups is 2. The number of nitrogens with zero attached hydrogens (tertiary/aromatic N) is 3. The fourth-order valence-electron chi connectivity index (χ4n) is 4.81. The summed E-state index contributed by atoms with van der Waals surface area (Å²) in [4.78, 5) is 34.4. The number of primary amides is 1. The molecule has 0 saturated carbocycles. The van der Waals surface area contributed by atoms with Crippen molar-refractivity contribution in [3.05, 3.63) is 107 Å². The van der Waals surface area contributed by atoms with Crippen molar-refractivity contribution in [1.29, 1.82) is 0 Å². The van der Waals surface area contributed by atoms with Gasteiger partial charge in [-0.05, 0) is 54.3 Å². The van der Waals surface area contributed by atoms with Crippen molar-refractivity contribution in [2.75, 3.05) is 0 Å². The number of nitrogens with two attached hydrogens (primary N) is 1. The number of nitrogens with one attached hydrogen (secondary N) is 1. The smallest absolute Gasteiger partial charge is 0.251 e. The Morgan fingerprint density at radius 3 is 2.38 bits per heavy atom. The number of hydrogen-bond acceptors (Lipinski definition) is 4. The molecule has 3 N–H and O–H groups in total. The summed E-state index contributed by atoms with van der Waals surface area (Å²) in [6.45, 7) is 5.84. The van der Waals surface area contributed by atoms with Crippen molar-refractivity contribution < 1.29 is 22.8 Å². The number of benzene rings is 2. The van der Waals surface area contributed by atoms with Gasteiger partial charge in [0, 0.05) is 36.1 Å². The van der Waals surface area contributed by atoms with Crippen molar-refractivity contribution >= 4 is 11.8 Å². The summed E-state index contributed by atoms with van der Waals surface area (Å²) < 4.78 is 44.3. The first-order valence-electron chi connectivity index (χ1n) is 12.9. The highest BCUT2D eigenvalue weighted by Gasteiger charge is 2.27. The molecule has 2 heterocycles. The highest BCUT2D eigenvalue weighted by Crippen LogP contribution is 2.31. The topological polar surface area (TPSA) is 103 Å². The average molecular weight is 550 g/mol. The lowest BCUT2D eigenvalue weighted by molar-refractivity contribution is -0.125.